The van der Waals surface area contributed by atoms with Crippen LogP contribution < -0.4 is 0 Å². The highest BCUT2D eigenvalue weighted by Crippen LogP contribution is 2.43. The fourth-order valence-electron chi connectivity index (χ4n) is 5.49. The smallest absolute Gasteiger partial charge is 0.462 e. The van der Waals surface area contributed by atoms with Gasteiger partial charge in [-0.2, -0.15) is 0 Å². The van der Waals surface area contributed by atoms with Crippen LogP contribution in [-0.2, 0) is 32.7 Å². The molecule has 0 saturated heterocycles. The fraction of sp³-hybridized carbons (Fsp3) is 0.733. The van der Waals surface area contributed by atoms with Crippen molar-refractivity contribution in [3.63, 3.8) is 0 Å². The maximum Gasteiger partial charge on any atom is 0.472 e. The third kappa shape index (κ3) is 39.9. The number of quaternary nitrogens is 1. The van der Waals surface area contributed by atoms with E-state index in [2.05, 4.69) is 32.1 Å². The molecular weight excluding hydrogens is 729 g/mol. The van der Waals surface area contributed by atoms with Crippen molar-refractivity contribution in [1.29, 1.82) is 0 Å². The van der Waals surface area contributed by atoms with Gasteiger partial charge in [-0.15, -0.1) is 0 Å². The van der Waals surface area contributed by atoms with E-state index in [4.69, 9.17) is 18.5 Å². The second kappa shape index (κ2) is 37.0. The van der Waals surface area contributed by atoms with Gasteiger partial charge in [0.1, 0.15) is 19.8 Å². The number of esters is 2. The predicted octanol–water partition coefficient (Wildman–Crippen LogP) is 11.0. The van der Waals surface area contributed by atoms with Gasteiger partial charge in [0, 0.05) is 12.8 Å². The van der Waals surface area contributed by atoms with Gasteiger partial charge in [-0.1, -0.05) is 158 Å². The Morgan fingerprint density at radius 3 is 1.86 bits per heavy atom. The van der Waals surface area contributed by atoms with Crippen LogP contribution in [0.5, 0.6) is 0 Å². The number of carbonyl (C=O) groups is 2. The predicted molar refractivity (Wildman–Crippen MR) is 230 cm³/mol. The van der Waals surface area contributed by atoms with Crippen LogP contribution in [0.2, 0.25) is 0 Å². The molecule has 0 aliphatic carbocycles. The number of carbonyl (C=O) groups excluding carboxylic acids is 2. The number of nitrogens with zero attached hydrogens (tertiary/aromatic N) is 1. The van der Waals surface area contributed by atoms with E-state index < -0.39 is 38.6 Å². The molecule has 324 valence electrons. The summed E-state index contributed by atoms with van der Waals surface area (Å²) in [6, 6.07) is 0. The maximum absolute atomic E-state index is 12.7. The normalized spacial score (nSPS) is 14.8. The molecule has 10 nitrogen and oxygen atoms in total. The quantitative estimate of drug-likeness (QED) is 0.0156. The first-order valence-electron chi connectivity index (χ1n) is 21.6. The van der Waals surface area contributed by atoms with Crippen LogP contribution in [0, 0.1) is 0 Å². The van der Waals surface area contributed by atoms with Crippen LogP contribution in [0.25, 0.3) is 0 Å². The second-order valence-electron chi connectivity index (χ2n) is 15.6. The van der Waals surface area contributed by atoms with Gasteiger partial charge in [0.15, 0.2) is 6.10 Å². The third-order valence-corrected chi connectivity index (χ3v) is 9.88. The van der Waals surface area contributed by atoms with Crippen molar-refractivity contribution in [2.24, 2.45) is 0 Å². The Kier molecular flexibility index (Phi) is 35.4. The van der Waals surface area contributed by atoms with Crippen molar-refractivity contribution in [3.8, 4) is 0 Å². The van der Waals surface area contributed by atoms with Crippen molar-refractivity contribution in [1.82, 2.24) is 0 Å². The summed E-state index contributed by atoms with van der Waals surface area (Å²) >= 11 is 0. The number of likely N-dealkylation sites (N-methyl/N-ethyl adjacent to an activating group) is 1. The monoisotopic (exact) mass is 811 g/mol. The average molecular weight is 811 g/mol. The summed E-state index contributed by atoms with van der Waals surface area (Å²) in [5.74, 6) is -0.907. The van der Waals surface area contributed by atoms with Gasteiger partial charge < -0.3 is 24.0 Å². The van der Waals surface area contributed by atoms with E-state index in [1.807, 2.05) is 57.6 Å². The van der Waals surface area contributed by atoms with Crippen molar-refractivity contribution in [2.75, 3.05) is 47.5 Å². The number of unbranched alkanes of at least 4 members (excludes halogenated alkanes) is 14. The summed E-state index contributed by atoms with van der Waals surface area (Å²) in [5, 5.41) is 10.0. The number of hydrogen-bond acceptors (Lipinski definition) is 8. The van der Waals surface area contributed by atoms with E-state index in [1.165, 1.54) is 70.6 Å². The largest absolute Gasteiger partial charge is 0.472 e. The molecule has 0 aromatic heterocycles. The van der Waals surface area contributed by atoms with E-state index in [9.17, 15) is 24.2 Å². The molecule has 0 rings (SSSR count). The Hall–Kier alpha value is -2.33. The summed E-state index contributed by atoms with van der Waals surface area (Å²) in [5.41, 5.74) is 0. The first-order valence-corrected chi connectivity index (χ1v) is 23.1. The van der Waals surface area contributed by atoms with Crippen molar-refractivity contribution < 1.29 is 47.2 Å². The minimum absolute atomic E-state index is 0.00842. The zero-order valence-corrected chi connectivity index (χ0v) is 36.9. The van der Waals surface area contributed by atoms with Crippen LogP contribution in [0.1, 0.15) is 155 Å². The summed E-state index contributed by atoms with van der Waals surface area (Å²) in [4.78, 5) is 35.3. The Morgan fingerprint density at radius 2 is 1.23 bits per heavy atom. The van der Waals surface area contributed by atoms with Crippen LogP contribution in [-0.4, -0.2) is 86.1 Å². The van der Waals surface area contributed by atoms with Crippen molar-refractivity contribution in [2.45, 2.75) is 167 Å². The molecule has 0 aromatic carbocycles. The summed E-state index contributed by atoms with van der Waals surface area (Å²) in [6.07, 6.45) is 40.2. The van der Waals surface area contributed by atoms with E-state index in [0.29, 0.717) is 30.3 Å². The summed E-state index contributed by atoms with van der Waals surface area (Å²) in [6.45, 7) is 4.14. The Labute approximate surface area is 341 Å². The third-order valence-electron chi connectivity index (χ3n) is 8.89. The summed E-state index contributed by atoms with van der Waals surface area (Å²) in [7, 11) is 1.40. The zero-order valence-electron chi connectivity index (χ0n) is 36.0. The van der Waals surface area contributed by atoms with Crippen LogP contribution in [0.15, 0.2) is 60.8 Å². The molecule has 0 bridgehead atoms. The van der Waals surface area contributed by atoms with Gasteiger partial charge >= 0.3 is 19.8 Å². The number of allylic oxidation sites excluding steroid dienone is 8. The van der Waals surface area contributed by atoms with Gasteiger partial charge in [-0.05, 0) is 44.9 Å². The highest BCUT2D eigenvalue weighted by atomic mass is 31.2. The molecule has 0 fully saturated rings. The average Bonchev–Trinajstić information content (AvgIpc) is 3.14. The van der Waals surface area contributed by atoms with Gasteiger partial charge in [-0.3, -0.25) is 18.6 Å². The Morgan fingerprint density at radius 1 is 0.661 bits per heavy atom. The number of ether oxygens (including phenoxy) is 2. The van der Waals surface area contributed by atoms with Crippen molar-refractivity contribution >= 4 is 19.8 Å². The molecule has 0 saturated carbocycles. The summed E-state index contributed by atoms with van der Waals surface area (Å²) < 4.78 is 34.2. The molecule has 0 heterocycles. The zero-order chi connectivity index (χ0) is 41.6. The molecule has 56 heavy (non-hydrogen) atoms. The SMILES string of the molecule is CC/C=C\C/C=C\CC(O)/C=C/C=C\C/C=C\CCCC(=O)O[C@H](COC(=O)CCCCCCCCCCCCCCCC)COP(=O)(O)OCC[N+](C)(C)C. The lowest BCUT2D eigenvalue weighted by molar-refractivity contribution is -0.870. The lowest BCUT2D eigenvalue weighted by Gasteiger charge is -2.24. The molecule has 11 heteroatoms. The minimum Gasteiger partial charge on any atom is -0.462 e. The molecule has 0 spiro atoms. The van der Waals surface area contributed by atoms with E-state index >= 15 is 0 Å². The Bertz CT molecular complexity index is 1160. The second-order valence-corrected chi connectivity index (χ2v) is 17.0. The molecule has 0 aliphatic heterocycles. The molecule has 2 unspecified atom stereocenters. The van der Waals surface area contributed by atoms with Gasteiger partial charge in [-0.25, -0.2) is 4.57 Å². The molecule has 0 aliphatic rings. The highest BCUT2D eigenvalue weighted by molar-refractivity contribution is 7.47. The van der Waals surface area contributed by atoms with Gasteiger partial charge in [0.2, 0.25) is 0 Å². The fourth-order valence-corrected chi connectivity index (χ4v) is 6.23. The van der Waals surface area contributed by atoms with Gasteiger partial charge in [0.25, 0.3) is 0 Å². The number of aliphatic hydroxyl groups excluding tert-OH is 1. The first-order chi connectivity index (χ1) is 26.9. The molecule has 0 amide bonds. The lowest BCUT2D eigenvalue weighted by Crippen LogP contribution is -2.37. The van der Waals surface area contributed by atoms with E-state index in [1.54, 1.807) is 6.08 Å². The first kappa shape index (κ1) is 53.7. The van der Waals surface area contributed by atoms with Crippen molar-refractivity contribution in [3.05, 3.63) is 60.8 Å². The number of phosphoric acid groups is 1. The lowest BCUT2D eigenvalue weighted by atomic mass is 10.0. The topological polar surface area (TPSA) is 129 Å². The molecule has 0 aromatic rings. The van der Waals surface area contributed by atoms with Gasteiger partial charge in [0.05, 0.1) is 33.9 Å². The Balaban J connectivity index is 4.54. The van der Waals surface area contributed by atoms with Crippen LogP contribution in [0.4, 0.5) is 0 Å². The highest BCUT2D eigenvalue weighted by Gasteiger charge is 2.27. The standard InChI is InChI=1S/C45H80NO9P/c1-6-8-10-12-14-15-16-17-18-19-20-24-28-32-36-44(48)52-40-43(41-54-56(50,51)53-39-38-46(3,4)5)55-45(49)37-33-29-25-22-21-23-27-31-35-42(47)34-30-26-13-11-9-7-2/h9,11,22-23,25-27,30-31,35,42-43,47H,6-8,10,12-21,24,28-29,32-34,36-41H2,1-5H3/p+1/b11-9-,25-22-,27-23-,30-26-,35-31+/t42?,43-/m1/s1. The van der Waals surface area contributed by atoms with E-state index in [0.717, 1.165) is 38.5 Å². The molecular formula is C45H81NO9P+. The minimum atomic E-state index is -4.40. The van der Waals surface area contributed by atoms with E-state index in [-0.39, 0.29) is 26.1 Å². The molecule has 3 atom stereocenters. The number of phosphoric ester groups is 1. The number of hydrogen-bond donors (Lipinski definition) is 2. The number of rotatable bonds is 38. The van der Waals surface area contributed by atoms with Crippen LogP contribution in [0.3, 0.4) is 0 Å². The number of aliphatic hydroxyl groups is 1. The molecule has 0 radical (unpaired) electrons. The molecule has 2 N–H and O–H groups in total. The maximum atomic E-state index is 12.7. The van der Waals surface area contributed by atoms with Crippen LogP contribution >= 0.6 is 7.82 Å².